The number of nitrogens with one attached hydrogen (secondary N) is 1. The summed E-state index contributed by atoms with van der Waals surface area (Å²) in [6.07, 6.45) is 10.3. The Morgan fingerprint density at radius 2 is 1.95 bits per heavy atom. The lowest BCUT2D eigenvalue weighted by atomic mass is 9.84. The molecule has 2 aliphatic rings. The molecule has 110 valence electrons. The minimum absolute atomic E-state index is 0.459. The summed E-state index contributed by atoms with van der Waals surface area (Å²) in [6, 6.07) is 0. The zero-order valence-electron chi connectivity index (χ0n) is 12.6. The van der Waals surface area contributed by atoms with Crippen molar-refractivity contribution >= 4 is 28.7 Å². The van der Waals surface area contributed by atoms with E-state index >= 15 is 0 Å². The molecular formula is C15H28N2S2. The van der Waals surface area contributed by atoms with E-state index in [9.17, 15) is 0 Å². The van der Waals surface area contributed by atoms with Crippen molar-refractivity contribution in [3.8, 4) is 0 Å². The summed E-state index contributed by atoms with van der Waals surface area (Å²) in [7, 11) is 0. The van der Waals surface area contributed by atoms with Gasteiger partial charge < -0.3 is 5.32 Å². The highest BCUT2D eigenvalue weighted by molar-refractivity contribution is 8.13. The van der Waals surface area contributed by atoms with Gasteiger partial charge in [-0.3, -0.25) is 4.99 Å². The van der Waals surface area contributed by atoms with Crippen LogP contribution in [-0.2, 0) is 0 Å². The lowest BCUT2D eigenvalue weighted by Crippen LogP contribution is -2.40. The molecule has 0 atom stereocenters. The average Bonchev–Trinajstić information content (AvgIpc) is 2.95. The van der Waals surface area contributed by atoms with Crippen molar-refractivity contribution < 1.29 is 0 Å². The summed E-state index contributed by atoms with van der Waals surface area (Å²) in [6.45, 7) is 6.73. The van der Waals surface area contributed by atoms with E-state index in [-0.39, 0.29) is 0 Å². The normalized spacial score (nSPS) is 25.1. The Bertz CT molecular complexity index is 318. The molecule has 0 aromatic heterocycles. The molecule has 0 amide bonds. The third-order valence-corrected chi connectivity index (χ3v) is 7.80. The molecule has 19 heavy (non-hydrogen) atoms. The van der Waals surface area contributed by atoms with E-state index in [4.69, 9.17) is 4.99 Å². The van der Waals surface area contributed by atoms with Crippen LogP contribution in [0.5, 0.6) is 0 Å². The molecule has 1 saturated carbocycles. The number of rotatable bonds is 5. The predicted molar refractivity (Wildman–Crippen MR) is 90.5 cm³/mol. The van der Waals surface area contributed by atoms with Crippen LogP contribution in [-0.4, -0.2) is 35.0 Å². The minimum Gasteiger partial charge on any atom is -0.364 e. The molecule has 0 radical (unpaired) electrons. The van der Waals surface area contributed by atoms with E-state index in [1.165, 1.54) is 49.4 Å². The number of hydrogen-bond acceptors (Lipinski definition) is 4. The van der Waals surface area contributed by atoms with Gasteiger partial charge in [0.05, 0.1) is 0 Å². The topological polar surface area (TPSA) is 24.4 Å². The highest BCUT2D eigenvalue weighted by atomic mass is 32.2. The maximum Gasteiger partial charge on any atom is 0.156 e. The summed E-state index contributed by atoms with van der Waals surface area (Å²) in [5.41, 5.74) is 0.459. The van der Waals surface area contributed by atoms with Crippen LogP contribution in [0.3, 0.4) is 0 Å². The Morgan fingerprint density at radius 3 is 2.42 bits per heavy atom. The van der Waals surface area contributed by atoms with Crippen LogP contribution < -0.4 is 5.32 Å². The summed E-state index contributed by atoms with van der Waals surface area (Å²) < 4.78 is 0.479. The minimum atomic E-state index is 0.459. The van der Waals surface area contributed by atoms with Crippen molar-refractivity contribution in [2.24, 2.45) is 10.4 Å². The molecule has 0 aromatic rings. The van der Waals surface area contributed by atoms with E-state index < -0.39 is 0 Å². The largest absolute Gasteiger partial charge is 0.364 e. The van der Waals surface area contributed by atoms with Crippen molar-refractivity contribution in [1.29, 1.82) is 0 Å². The van der Waals surface area contributed by atoms with E-state index in [2.05, 4.69) is 37.2 Å². The SMILES string of the molecule is CCC1(CC)CN=C(NCC2(SC)CCCC2)SC1. The van der Waals surface area contributed by atoms with Crippen molar-refractivity contribution in [2.45, 2.75) is 57.1 Å². The Balaban J connectivity index is 1.86. The number of hydrogen-bond donors (Lipinski definition) is 1. The van der Waals surface area contributed by atoms with Crippen LogP contribution in [0.4, 0.5) is 0 Å². The third-order valence-electron chi connectivity index (χ3n) is 5.08. The van der Waals surface area contributed by atoms with Gasteiger partial charge in [0.15, 0.2) is 5.17 Å². The van der Waals surface area contributed by atoms with E-state index in [0.717, 1.165) is 13.1 Å². The van der Waals surface area contributed by atoms with Gasteiger partial charge in [0.2, 0.25) is 0 Å². The zero-order valence-corrected chi connectivity index (χ0v) is 14.3. The number of thioether (sulfide) groups is 2. The highest BCUT2D eigenvalue weighted by Crippen LogP contribution is 2.40. The van der Waals surface area contributed by atoms with Crippen LogP contribution in [0.2, 0.25) is 0 Å². The van der Waals surface area contributed by atoms with E-state index in [1.807, 2.05) is 11.8 Å². The van der Waals surface area contributed by atoms with Gasteiger partial charge in [0, 0.05) is 23.6 Å². The van der Waals surface area contributed by atoms with Gasteiger partial charge in [-0.05, 0) is 37.4 Å². The molecular weight excluding hydrogens is 272 g/mol. The molecule has 0 saturated heterocycles. The van der Waals surface area contributed by atoms with Crippen LogP contribution in [0.25, 0.3) is 0 Å². The molecule has 1 N–H and O–H groups in total. The first-order chi connectivity index (χ1) is 9.17. The Hall–Kier alpha value is 0.170. The first-order valence-corrected chi connectivity index (χ1v) is 9.85. The molecule has 4 heteroatoms. The molecule has 2 nitrogen and oxygen atoms in total. The van der Waals surface area contributed by atoms with Gasteiger partial charge in [-0.1, -0.05) is 38.5 Å². The third kappa shape index (κ3) is 3.63. The number of amidine groups is 1. The predicted octanol–water partition coefficient (Wildman–Crippen LogP) is 4.16. The van der Waals surface area contributed by atoms with Crippen LogP contribution in [0.1, 0.15) is 52.4 Å². The quantitative estimate of drug-likeness (QED) is 0.825. The lowest BCUT2D eigenvalue weighted by molar-refractivity contribution is 0.318. The van der Waals surface area contributed by atoms with E-state index in [0.29, 0.717) is 10.2 Å². The van der Waals surface area contributed by atoms with Gasteiger partial charge in [0.1, 0.15) is 0 Å². The van der Waals surface area contributed by atoms with Crippen molar-refractivity contribution in [3.63, 3.8) is 0 Å². The first kappa shape index (κ1) is 15.6. The second-order valence-corrected chi connectivity index (χ2v) is 8.30. The van der Waals surface area contributed by atoms with E-state index in [1.54, 1.807) is 0 Å². The van der Waals surface area contributed by atoms with Gasteiger partial charge in [0.25, 0.3) is 0 Å². The monoisotopic (exact) mass is 300 g/mol. The fourth-order valence-electron chi connectivity index (χ4n) is 3.05. The summed E-state index contributed by atoms with van der Waals surface area (Å²) >= 11 is 3.99. The fraction of sp³-hybridized carbons (Fsp3) is 0.933. The van der Waals surface area contributed by atoms with Gasteiger partial charge in [-0.15, -0.1) is 0 Å². The Labute approximate surface area is 127 Å². The van der Waals surface area contributed by atoms with Crippen molar-refractivity contribution in [3.05, 3.63) is 0 Å². The van der Waals surface area contributed by atoms with Gasteiger partial charge >= 0.3 is 0 Å². The van der Waals surface area contributed by atoms with Crippen molar-refractivity contribution in [2.75, 3.05) is 25.1 Å². The van der Waals surface area contributed by atoms with Crippen LogP contribution in [0.15, 0.2) is 4.99 Å². The highest BCUT2D eigenvalue weighted by Gasteiger charge is 2.34. The number of aliphatic imine (C=N–C) groups is 1. The molecule has 0 bridgehead atoms. The Morgan fingerprint density at radius 1 is 1.26 bits per heavy atom. The second kappa shape index (κ2) is 6.75. The molecule has 2 rings (SSSR count). The average molecular weight is 301 g/mol. The first-order valence-electron chi connectivity index (χ1n) is 7.64. The maximum atomic E-state index is 4.81. The summed E-state index contributed by atoms with van der Waals surface area (Å²) in [5.74, 6) is 1.23. The lowest BCUT2D eigenvalue weighted by Gasteiger charge is -2.34. The molecule has 1 aliphatic heterocycles. The smallest absolute Gasteiger partial charge is 0.156 e. The molecule has 0 unspecified atom stereocenters. The molecule has 1 aliphatic carbocycles. The molecule has 0 spiro atoms. The van der Waals surface area contributed by atoms with Crippen molar-refractivity contribution in [1.82, 2.24) is 5.32 Å². The summed E-state index contributed by atoms with van der Waals surface area (Å²) in [5, 5.41) is 4.83. The molecule has 0 aromatic carbocycles. The number of nitrogens with zero attached hydrogens (tertiary/aromatic N) is 1. The van der Waals surface area contributed by atoms with Gasteiger partial charge in [-0.2, -0.15) is 11.8 Å². The van der Waals surface area contributed by atoms with Crippen LogP contribution >= 0.6 is 23.5 Å². The van der Waals surface area contributed by atoms with Gasteiger partial charge in [-0.25, -0.2) is 0 Å². The zero-order chi connectivity index (χ0) is 13.8. The van der Waals surface area contributed by atoms with Crippen LogP contribution in [0, 0.1) is 5.41 Å². The molecule has 1 heterocycles. The maximum absolute atomic E-state index is 4.81. The summed E-state index contributed by atoms with van der Waals surface area (Å²) in [4.78, 5) is 4.81. The fourth-order valence-corrected chi connectivity index (χ4v) is 5.23. The Kier molecular flexibility index (Phi) is 5.53. The molecule has 1 fully saturated rings. The standard InChI is InChI=1S/C15H28N2S2/c1-4-14(5-2)10-16-13(19-12-14)17-11-15(18-3)8-6-7-9-15/h4-12H2,1-3H3,(H,16,17). The second-order valence-electron chi connectivity index (χ2n) is 6.06.